The molecule has 11 heteroatoms. The highest BCUT2D eigenvalue weighted by Gasteiger charge is 2.42. The van der Waals surface area contributed by atoms with Gasteiger partial charge in [-0.3, -0.25) is 9.59 Å². The van der Waals surface area contributed by atoms with E-state index in [0.717, 1.165) is 22.3 Å². The van der Waals surface area contributed by atoms with E-state index >= 15 is 0 Å². The van der Waals surface area contributed by atoms with Gasteiger partial charge in [-0.05, 0) is 56.9 Å². The van der Waals surface area contributed by atoms with Crippen LogP contribution in [0.4, 0.5) is 4.79 Å². The molecule has 3 atom stereocenters. The van der Waals surface area contributed by atoms with E-state index in [1.54, 1.807) is 34.6 Å². The molecule has 53 heavy (non-hydrogen) atoms. The molecule has 0 heterocycles. The second-order valence-corrected chi connectivity index (χ2v) is 16.8. The van der Waals surface area contributed by atoms with Gasteiger partial charge in [-0.1, -0.05) is 121 Å². The van der Waals surface area contributed by atoms with Gasteiger partial charge in [-0.25, -0.2) is 9.59 Å². The Morgan fingerprint density at radius 1 is 0.736 bits per heavy atom. The molecule has 3 amide bonds. The van der Waals surface area contributed by atoms with E-state index in [1.165, 1.54) is 23.7 Å². The molecule has 0 aliphatic carbocycles. The van der Waals surface area contributed by atoms with Gasteiger partial charge in [0, 0.05) is 24.0 Å². The molecular formula is C42H49N3O6S2. The van der Waals surface area contributed by atoms with Gasteiger partial charge in [0.2, 0.25) is 11.8 Å². The van der Waals surface area contributed by atoms with Crippen LogP contribution in [0.2, 0.25) is 0 Å². The third-order valence-electron chi connectivity index (χ3n) is 8.63. The zero-order chi connectivity index (χ0) is 38.8. The summed E-state index contributed by atoms with van der Waals surface area (Å²) >= 11 is 5.91. The average Bonchev–Trinajstić information content (AvgIpc) is 3.12. The highest BCUT2D eigenvalue weighted by Crippen LogP contribution is 2.48. The van der Waals surface area contributed by atoms with Crippen molar-refractivity contribution in [1.29, 1.82) is 0 Å². The third kappa shape index (κ3) is 10.9. The molecule has 0 aliphatic rings. The van der Waals surface area contributed by atoms with Crippen molar-refractivity contribution in [3.8, 4) is 0 Å². The number of hydrogen-bond acceptors (Lipinski definition) is 7. The Hall–Kier alpha value is -4.74. The predicted octanol–water partition coefficient (Wildman–Crippen LogP) is 6.95. The maximum atomic E-state index is 14.8. The van der Waals surface area contributed by atoms with Crippen molar-refractivity contribution >= 4 is 48.3 Å². The molecule has 0 fully saturated rings. The molecule has 0 bridgehead atoms. The summed E-state index contributed by atoms with van der Waals surface area (Å²) in [5.74, 6) is -2.41. The first-order valence-electron chi connectivity index (χ1n) is 17.4. The van der Waals surface area contributed by atoms with Crippen LogP contribution in [0.1, 0.15) is 56.9 Å². The number of nitrogens with one attached hydrogen (secondary N) is 2. The van der Waals surface area contributed by atoms with Crippen LogP contribution in [-0.4, -0.2) is 75.2 Å². The smallest absolute Gasteiger partial charge is 0.408 e. The number of carbonyl (C=O) groups excluding carboxylic acids is 3. The minimum absolute atomic E-state index is 0.0716. The number of thioether (sulfide) groups is 1. The second kappa shape index (κ2) is 17.9. The maximum absolute atomic E-state index is 14.8. The van der Waals surface area contributed by atoms with Crippen LogP contribution in [-0.2, 0) is 30.3 Å². The Kier molecular flexibility index (Phi) is 13.8. The lowest BCUT2D eigenvalue weighted by Gasteiger charge is -2.37. The van der Waals surface area contributed by atoms with Crippen LogP contribution in [0.15, 0.2) is 121 Å². The van der Waals surface area contributed by atoms with E-state index in [0.29, 0.717) is 0 Å². The van der Waals surface area contributed by atoms with Crippen molar-refractivity contribution in [3.63, 3.8) is 0 Å². The molecule has 0 aliphatic heterocycles. The second-order valence-electron chi connectivity index (χ2n) is 14.4. The van der Waals surface area contributed by atoms with Crippen LogP contribution in [0, 0.1) is 0 Å². The van der Waals surface area contributed by atoms with Crippen LogP contribution in [0.5, 0.6) is 0 Å². The topological polar surface area (TPSA) is 125 Å². The van der Waals surface area contributed by atoms with Crippen LogP contribution in [0.25, 0.3) is 0 Å². The first-order valence-corrected chi connectivity index (χ1v) is 18.8. The number of hydrogen-bond donors (Lipinski definition) is 4. The van der Waals surface area contributed by atoms with Gasteiger partial charge in [-0.15, -0.1) is 11.8 Å². The van der Waals surface area contributed by atoms with Gasteiger partial charge >= 0.3 is 12.1 Å². The summed E-state index contributed by atoms with van der Waals surface area (Å²) in [7, 11) is 1.49. The van der Waals surface area contributed by atoms with Crippen LogP contribution in [0.3, 0.4) is 0 Å². The van der Waals surface area contributed by atoms with E-state index in [-0.39, 0.29) is 12.2 Å². The normalized spacial score (nSPS) is 13.6. The lowest BCUT2D eigenvalue weighted by Crippen LogP contribution is -2.60. The number of likely N-dealkylation sites (N-methyl/N-ethyl adjacent to an activating group) is 1. The number of nitrogens with zero attached hydrogens (tertiary/aromatic N) is 1. The highest BCUT2D eigenvalue weighted by molar-refractivity contribution is 8.00. The van der Waals surface area contributed by atoms with Crippen LogP contribution < -0.4 is 10.6 Å². The summed E-state index contributed by atoms with van der Waals surface area (Å²) in [6.07, 6.45) is -0.705. The molecule has 9 nitrogen and oxygen atoms in total. The van der Waals surface area contributed by atoms with Gasteiger partial charge in [0.05, 0.1) is 4.75 Å². The number of amides is 3. The molecule has 280 valence electrons. The number of carboxylic acid groups (broad SMARTS) is 1. The summed E-state index contributed by atoms with van der Waals surface area (Å²) in [4.78, 5) is 55.7. The molecule has 0 aromatic heterocycles. The van der Waals surface area contributed by atoms with Gasteiger partial charge < -0.3 is 25.4 Å². The van der Waals surface area contributed by atoms with Crippen molar-refractivity contribution in [2.75, 3.05) is 12.8 Å². The van der Waals surface area contributed by atoms with Gasteiger partial charge in [0.15, 0.2) is 0 Å². The van der Waals surface area contributed by atoms with Crippen molar-refractivity contribution < 1.29 is 29.0 Å². The first kappa shape index (κ1) is 41.0. The molecule has 3 N–H and O–H groups in total. The lowest BCUT2D eigenvalue weighted by atomic mass is 9.84. The largest absolute Gasteiger partial charge is 0.480 e. The van der Waals surface area contributed by atoms with E-state index in [2.05, 4.69) is 23.3 Å². The Balaban J connectivity index is 1.79. The van der Waals surface area contributed by atoms with E-state index in [1.807, 2.05) is 121 Å². The number of thiol groups is 1. The summed E-state index contributed by atoms with van der Waals surface area (Å²) in [6, 6.07) is 35.4. The summed E-state index contributed by atoms with van der Waals surface area (Å²) in [5, 5.41) is 15.4. The van der Waals surface area contributed by atoms with E-state index in [9.17, 15) is 24.3 Å². The fourth-order valence-corrected chi connectivity index (χ4v) is 7.75. The summed E-state index contributed by atoms with van der Waals surface area (Å²) in [5.41, 5.74) is 2.81. The number of alkyl carbamates (subject to hydrolysis) is 1. The summed E-state index contributed by atoms with van der Waals surface area (Å²) < 4.78 is 3.69. The van der Waals surface area contributed by atoms with Gasteiger partial charge in [0.25, 0.3) is 0 Å². The fourth-order valence-electron chi connectivity index (χ4n) is 6.02. The zero-order valence-corrected chi connectivity index (χ0v) is 32.7. The molecule has 4 aromatic rings. The van der Waals surface area contributed by atoms with E-state index in [4.69, 9.17) is 4.74 Å². The Labute approximate surface area is 322 Å². The SMILES string of the molecule is CN(C(=O)[C@@H](CSC(c1ccccc1)(c1ccccc1)c1ccccc1)NC(=O)OC(C)(C)C)[C@@H](Cc1ccccc1)C(=O)N[C@@H](C(=O)O)C(C)(C)S. The minimum Gasteiger partial charge on any atom is -0.480 e. The minimum atomic E-state index is -1.35. The highest BCUT2D eigenvalue weighted by atomic mass is 32.2. The molecule has 0 unspecified atom stereocenters. The maximum Gasteiger partial charge on any atom is 0.408 e. The fraction of sp³-hybridized carbons (Fsp3) is 0.333. The number of rotatable bonds is 15. The number of aliphatic carboxylic acids is 1. The molecule has 0 radical (unpaired) electrons. The van der Waals surface area contributed by atoms with Gasteiger partial charge in [0.1, 0.15) is 23.7 Å². The van der Waals surface area contributed by atoms with Crippen molar-refractivity contribution in [3.05, 3.63) is 144 Å². The Morgan fingerprint density at radius 2 is 1.17 bits per heavy atom. The average molecular weight is 756 g/mol. The molecule has 0 saturated carbocycles. The molecule has 0 saturated heterocycles. The first-order chi connectivity index (χ1) is 25.0. The van der Waals surface area contributed by atoms with Crippen LogP contribution >= 0.6 is 24.4 Å². The van der Waals surface area contributed by atoms with Crippen molar-refractivity contribution in [2.24, 2.45) is 0 Å². The lowest BCUT2D eigenvalue weighted by molar-refractivity contribution is -0.145. The molecular weight excluding hydrogens is 707 g/mol. The number of ether oxygens (including phenoxy) is 1. The van der Waals surface area contributed by atoms with Crippen molar-refractivity contribution in [2.45, 2.75) is 74.3 Å². The quantitative estimate of drug-likeness (QED) is 0.0765. The number of carbonyl (C=O) groups is 4. The Bertz CT molecular complexity index is 1720. The Morgan fingerprint density at radius 3 is 1.57 bits per heavy atom. The zero-order valence-electron chi connectivity index (χ0n) is 31.0. The number of benzene rings is 4. The molecule has 4 rings (SSSR count). The standard InChI is InChI=1S/C42H49N3O6S2/c1-40(2,3)51-39(50)43-33(28-53-42(30-21-13-8-14-22-30,31-23-15-9-16-24-31)32-25-17-10-18-26-32)37(47)45(6)34(27-29-19-11-7-12-20-29)36(46)44-35(38(48)49)41(4,5)52/h7-26,33-35,52H,27-28H2,1-6H3,(H,43,50)(H,44,46)(H,48,49)/t33-,34+,35+/m1/s1. The molecule has 0 spiro atoms. The molecule has 4 aromatic carbocycles. The predicted molar refractivity (Wildman–Crippen MR) is 214 cm³/mol. The monoisotopic (exact) mass is 755 g/mol. The van der Waals surface area contributed by atoms with Gasteiger partial charge in [-0.2, -0.15) is 12.6 Å². The summed E-state index contributed by atoms with van der Waals surface area (Å²) in [6.45, 7) is 8.38. The number of carboxylic acids is 1. The van der Waals surface area contributed by atoms with Crippen molar-refractivity contribution in [1.82, 2.24) is 15.5 Å². The third-order valence-corrected chi connectivity index (χ3v) is 10.5. The van der Waals surface area contributed by atoms with E-state index < -0.39 is 57.1 Å².